The van der Waals surface area contributed by atoms with Gasteiger partial charge in [0.1, 0.15) is 0 Å². The number of anilines is 1. The number of benzene rings is 1. The Bertz CT molecular complexity index is 855. The van der Waals surface area contributed by atoms with Crippen LogP contribution in [0, 0.1) is 0 Å². The van der Waals surface area contributed by atoms with Crippen LogP contribution in [0.25, 0.3) is 0 Å². The highest BCUT2D eigenvalue weighted by Crippen LogP contribution is 2.31. The number of carbonyl (C=O) groups excluding carboxylic acids is 1. The SMILES string of the molecule is CCN(CC)S(=O)(=O)c1ccc2c(c1)CCCN2C(=O)c1ccco1. The van der Waals surface area contributed by atoms with Crippen LogP contribution in [0.1, 0.15) is 36.4 Å². The van der Waals surface area contributed by atoms with E-state index in [1.807, 2.05) is 13.8 Å². The number of fused-ring (bicyclic) bond motifs is 1. The Morgan fingerprint density at radius 1 is 1.24 bits per heavy atom. The summed E-state index contributed by atoms with van der Waals surface area (Å²) in [5, 5.41) is 0. The number of hydrogen-bond donors (Lipinski definition) is 0. The maximum Gasteiger partial charge on any atom is 0.293 e. The summed E-state index contributed by atoms with van der Waals surface area (Å²) >= 11 is 0. The monoisotopic (exact) mass is 362 g/mol. The second kappa shape index (κ2) is 7.01. The summed E-state index contributed by atoms with van der Waals surface area (Å²) in [6, 6.07) is 8.32. The first-order valence-corrected chi connectivity index (χ1v) is 9.91. The second-order valence-electron chi connectivity index (χ2n) is 5.92. The van der Waals surface area contributed by atoms with Crippen LogP contribution >= 0.6 is 0 Å². The van der Waals surface area contributed by atoms with Crippen LogP contribution in [0.3, 0.4) is 0 Å². The smallest absolute Gasteiger partial charge is 0.293 e. The van der Waals surface area contributed by atoms with Gasteiger partial charge in [-0.1, -0.05) is 13.8 Å². The first-order valence-electron chi connectivity index (χ1n) is 8.47. The fourth-order valence-corrected chi connectivity index (χ4v) is 4.70. The van der Waals surface area contributed by atoms with Gasteiger partial charge in [-0.05, 0) is 48.7 Å². The summed E-state index contributed by atoms with van der Waals surface area (Å²) in [5.74, 6) is 0.0815. The van der Waals surface area contributed by atoms with Gasteiger partial charge in [-0.15, -0.1) is 0 Å². The molecule has 3 rings (SSSR count). The van der Waals surface area contributed by atoms with Gasteiger partial charge in [0.15, 0.2) is 5.76 Å². The molecule has 1 aliphatic rings. The minimum atomic E-state index is -3.50. The van der Waals surface area contributed by atoms with E-state index in [1.165, 1.54) is 10.6 Å². The van der Waals surface area contributed by atoms with Gasteiger partial charge in [0.05, 0.1) is 11.2 Å². The van der Waals surface area contributed by atoms with Gasteiger partial charge >= 0.3 is 0 Å². The normalized spacial score (nSPS) is 14.6. The third-order valence-corrected chi connectivity index (χ3v) is 6.54. The Labute approximate surface area is 148 Å². The van der Waals surface area contributed by atoms with Gasteiger partial charge in [-0.3, -0.25) is 4.79 Å². The minimum Gasteiger partial charge on any atom is -0.459 e. The average Bonchev–Trinajstić information content (AvgIpc) is 3.15. The Balaban J connectivity index is 1.97. The van der Waals surface area contributed by atoms with Crippen molar-refractivity contribution >= 4 is 21.6 Å². The average molecular weight is 362 g/mol. The molecule has 0 saturated carbocycles. The van der Waals surface area contributed by atoms with Crippen molar-refractivity contribution in [2.75, 3.05) is 24.5 Å². The van der Waals surface area contributed by atoms with E-state index in [4.69, 9.17) is 4.42 Å². The molecule has 0 spiro atoms. The van der Waals surface area contributed by atoms with E-state index in [0.717, 1.165) is 24.1 Å². The second-order valence-corrected chi connectivity index (χ2v) is 7.86. The molecule has 0 N–H and O–H groups in total. The van der Waals surface area contributed by atoms with Crippen LogP contribution in [0.15, 0.2) is 45.9 Å². The fraction of sp³-hybridized carbons (Fsp3) is 0.389. The van der Waals surface area contributed by atoms with Gasteiger partial charge in [0.2, 0.25) is 10.0 Å². The van der Waals surface area contributed by atoms with Crippen molar-refractivity contribution in [3.05, 3.63) is 47.9 Å². The summed E-state index contributed by atoms with van der Waals surface area (Å²) in [7, 11) is -3.50. The predicted octanol–water partition coefficient (Wildman–Crippen LogP) is 2.90. The molecule has 0 fully saturated rings. The zero-order valence-electron chi connectivity index (χ0n) is 14.4. The fourth-order valence-electron chi connectivity index (χ4n) is 3.19. The maximum atomic E-state index is 12.7. The lowest BCUT2D eigenvalue weighted by molar-refractivity contribution is 0.0958. The number of sulfonamides is 1. The van der Waals surface area contributed by atoms with Gasteiger partial charge in [-0.2, -0.15) is 4.31 Å². The van der Waals surface area contributed by atoms with Crippen LogP contribution in [0.2, 0.25) is 0 Å². The number of nitrogens with zero attached hydrogens (tertiary/aromatic N) is 2. The summed E-state index contributed by atoms with van der Waals surface area (Å²) in [4.78, 5) is 14.6. The quantitative estimate of drug-likeness (QED) is 0.820. The van der Waals surface area contributed by atoms with Crippen molar-refractivity contribution in [2.24, 2.45) is 0 Å². The molecule has 2 heterocycles. The lowest BCUT2D eigenvalue weighted by Crippen LogP contribution is -2.35. The lowest BCUT2D eigenvalue weighted by atomic mass is 10.0. The van der Waals surface area contributed by atoms with E-state index in [2.05, 4.69) is 0 Å². The molecule has 1 aromatic carbocycles. The van der Waals surface area contributed by atoms with Crippen molar-refractivity contribution in [2.45, 2.75) is 31.6 Å². The summed E-state index contributed by atoms with van der Waals surface area (Å²) < 4.78 is 32.1. The van der Waals surface area contributed by atoms with E-state index >= 15 is 0 Å². The van der Waals surface area contributed by atoms with Crippen LogP contribution in [-0.4, -0.2) is 38.3 Å². The largest absolute Gasteiger partial charge is 0.459 e. The highest BCUT2D eigenvalue weighted by molar-refractivity contribution is 7.89. The van der Waals surface area contributed by atoms with E-state index in [0.29, 0.717) is 19.6 Å². The first kappa shape index (κ1) is 17.7. The molecule has 0 bridgehead atoms. The van der Waals surface area contributed by atoms with Crippen LogP contribution in [0.5, 0.6) is 0 Å². The number of amides is 1. The van der Waals surface area contributed by atoms with E-state index in [9.17, 15) is 13.2 Å². The lowest BCUT2D eigenvalue weighted by Gasteiger charge is -2.29. The molecule has 25 heavy (non-hydrogen) atoms. The van der Waals surface area contributed by atoms with Gasteiger partial charge in [0, 0.05) is 25.3 Å². The van der Waals surface area contributed by atoms with E-state index in [-0.39, 0.29) is 16.6 Å². The Hall–Kier alpha value is -2.12. The number of furan rings is 1. The molecular formula is C18H22N2O4S. The highest BCUT2D eigenvalue weighted by Gasteiger charge is 2.28. The van der Waals surface area contributed by atoms with Gasteiger partial charge < -0.3 is 9.32 Å². The van der Waals surface area contributed by atoms with Crippen molar-refractivity contribution in [3.8, 4) is 0 Å². The van der Waals surface area contributed by atoms with Crippen LogP contribution in [0.4, 0.5) is 5.69 Å². The standard InChI is InChI=1S/C18H22N2O4S/c1-3-19(4-2)25(22,23)15-9-10-16-14(13-15)7-5-11-20(16)18(21)17-8-6-12-24-17/h6,8-10,12-13H,3-5,7,11H2,1-2H3. The minimum absolute atomic E-state index is 0.203. The maximum absolute atomic E-state index is 12.7. The number of aryl methyl sites for hydroxylation is 1. The Morgan fingerprint density at radius 2 is 2.00 bits per heavy atom. The summed E-state index contributed by atoms with van der Waals surface area (Å²) in [6.45, 7) is 5.10. The molecule has 2 aromatic rings. The third-order valence-electron chi connectivity index (χ3n) is 4.49. The van der Waals surface area contributed by atoms with Crippen molar-refractivity contribution in [3.63, 3.8) is 0 Å². The van der Waals surface area contributed by atoms with Crippen molar-refractivity contribution in [1.29, 1.82) is 0 Å². The Morgan fingerprint density at radius 3 is 2.64 bits per heavy atom. The zero-order valence-corrected chi connectivity index (χ0v) is 15.3. The summed E-state index contributed by atoms with van der Waals surface area (Å²) in [6.07, 6.45) is 3.00. The van der Waals surface area contributed by atoms with E-state index in [1.54, 1.807) is 35.2 Å². The highest BCUT2D eigenvalue weighted by atomic mass is 32.2. The predicted molar refractivity (Wildman–Crippen MR) is 95.3 cm³/mol. The number of carbonyl (C=O) groups is 1. The molecule has 6 nitrogen and oxygen atoms in total. The van der Waals surface area contributed by atoms with E-state index < -0.39 is 10.0 Å². The molecule has 0 saturated heterocycles. The number of rotatable bonds is 5. The molecule has 0 radical (unpaired) electrons. The molecule has 1 aliphatic heterocycles. The molecule has 7 heteroatoms. The third kappa shape index (κ3) is 3.21. The van der Waals surface area contributed by atoms with Gasteiger partial charge in [0.25, 0.3) is 5.91 Å². The first-order chi connectivity index (χ1) is 12.0. The molecule has 1 aromatic heterocycles. The Kier molecular flexibility index (Phi) is 4.96. The molecule has 134 valence electrons. The van der Waals surface area contributed by atoms with Gasteiger partial charge in [-0.25, -0.2) is 8.42 Å². The van der Waals surface area contributed by atoms with Crippen LogP contribution < -0.4 is 4.90 Å². The number of hydrogen-bond acceptors (Lipinski definition) is 4. The van der Waals surface area contributed by atoms with Crippen LogP contribution in [-0.2, 0) is 16.4 Å². The molecular weight excluding hydrogens is 340 g/mol. The van der Waals surface area contributed by atoms with Crippen molar-refractivity contribution in [1.82, 2.24) is 4.31 Å². The molecule has 0 aliphatic carbocycles. The molecule has 0 atom stereocenters. The van der Waals surface area contributed by atoms with Crippen molar-refractivity contribution < 1.29 is 17.6 Å². The topological polar surface area (TPSA) is 70.8 Å². The molecule has 0 unspecified atom stereocenters. The molecule has 1 amide bonds. The summed E-state index contributed by atoms with van der Waals surface area (Å²) in [5.41, 5.74) is 1.63. The zero-order chi connectivity index (χ0) is 18.0.